The number of carbonyl (C=O) groups is 2. The summed E-state index contributed by atoms with van der Waals surface area (Å²) in [7, 11) is 3.10. The van der Waals surface area contributed by atoms with Crippen molar-refractivity contribution in [2.75, 3.05) is 26.1 Å². The summed E-state index contributed by atoms with van der Waals surface area (Å²) in [4.78, 5) is 30.4. The summed E-state index contributed by atoms with van der Waals surface area (Å²) in [5.74, 6) is 0.494. The fourth-order valence-electron chi connectivity index (χ4n) is 2.32. The third kappa shape index (κ3) is 4.46. The van der Waals surface area contributed by atoms with Crippen LogP contribution in [0.2, 0.25) is 0 Å². The lowest BCUT2D eigenvalue weighted by atomic mass is 10.2. The van der Waals surface area contributed by atoms with Gasteiger partial charge in [-0.25, -0.2) is 4.98 Å². The van der Waals surface area contributed by atoms with E-state index < -0.39 is 0 Å². The smallest absolute Gasteiger partial charge is 0.266 e. The minimum Gasteiger partial charge on any atom is -0.493 e. The summed E-state index contributed by atoms with van der Waals surface area (Å²) in [6.07, 6.45) is 3.30. The van der Waals surface area contributed by atoms with Crippen LogP contribution in [0, 0.1) is 0 Å². The second kappa shape index (κ2) is 8.51. The van der Waals surface area contributed by atoms with Gasteiger partial charge in [0.05, 0.1) is 19.1 Å². The van der Waals surface area contributed by atoms with Gasteiger partial charge in [0.15, 0.2) is 16.6 Å². The van der Waals surface area contributed by atoms with E-state index in [2.05, 4.69) is 10.3 Å². The largest absolute Gasteiger partial charge is 0.493 e. The molecule has 0 unspecified atom stereocenters. The summed E-state index contributed by atoms with van der Waals surface area (Å²) in [6, 6.07) is 5.33. The predicted octanol–water partition coefficient (Wildman–Crippen LogP) is 3.00. The van der Waals surface area contributed by atoms with Gasteiger partial charge in [0.25, 0.3) is 5.91 Å². The number of rotatable bonds is 6. The molecular weight excluding hydrogens is 406 g/mol. The molecule has 1 fully saturated rings. The van der Waals surface area contributed by atoms with Gasteiger partial charge in [-0.3, -0.25) is 14.5 Å². The maximum atomic E-state index is 12.6. The molecule has 2 heterocycles. The standard InChI is InChI=1S/C17H15N3O4S3/c1-23-11-4-3-10(7-12(11)24-2)8-13-15(22)20(17(25)27-13)9-14(21)19-16-18-5-6-26-16/h3-8H,9H2,1-2H3,(H,18,19,21). The molecular formula is C17H15N3O4S3. The monoisotopic (exact) mass is 421 g/mol. The number of nitrogens with zero attached hydrogens (tertiary/aromatic N) is 2. The van der Waals surface area contributed by atoms with Crippen LogP contribution in [0.15, 0.2) is 34.7 Å². The Bertz CT molecular complexity index is 912. The first kappa shape index (κ1) is 19.3. The Kier molecular flexibility index (Phi) is 6.09. The molecule has 1 aromatic carbocycles. The summed E-state index contributed by atoms with van der Waals surface area (Å²) in [5.41, 5.74) is 0.764. The van der Waals surface area contributed by atoms with Gasteiger partial charge in [-0.15, -0.1) is 11.3 Å². The van der Waals surface area contributed by atoms with E-state index in [-0.39, 0.29) is 18.4 Å². The molecule has 3 rings (SSSR count). The minimum atomic E-state index is -0.353. The lowest BCUT2D eigenvalue weighted by Gasteiger charge is -2.13. The van der Waals surface area contributed by atoms with Crippen molar-refractivity contribution in [3.05, 3.63) is 40.2 Å². The Morgan fingerprint density at radius 1 is 1.33 bits per heavy atom. The molecule has 0 radical (unpaired) electrons. The highest BCUT2D eigenvalue weighted by Crippen LogP contribution is 2.34. The number of thioether (sulfide) groups is 1. The first-order valence-corrected chi connectivity index (χ1v) is 9.79. The highest BCUT2D eigenvalue weighted by atomic mass is 32.2. The van der Waals surface area contributed by atoms with Crippen LogP contribution in [-0.4, -0.2) is 46.8 Å². The van der Waals surface area contributed by atoms with E-state index in [9.17, 15) is 9.59 Å². The fourth-order valence-corrected chi connectivity index (χ4v) is 4.12. The highest BCUT2D eigenvalue weighted by molar-refractivity contribution is 8.26. The van der Waals surface area contributed by atoms with Crippen LogP contribution >= 0.6 is 35.3 Å². The first-order valence-electron chi connectivity index (χ1n) is 7.68. The zero-order valence-electron chi connectivity index (χ0n) is 14.4. The van der Waals surface area contributed by atoms with Gasteiger partial charge >= 0.3 is 0 Å². The lowest BCUT2D eigenvalue weighted by molar-refractivity contribution is -0.126. The van der Waals surface area contributed by atoms with Crippen molar-refractivity contribution in [2.24, 2.45) is 0 Å². The fraction of sp³-hybridized carbons (Fsp3) is 0.176. The number of hydrogen-bond donors (Lipinski definition) is 1. The zero-order valence-corrected chi connectivity index (χ0v) is 16.9. The van der Waals surface area contributed by atoms with Crippen molar-refractivity contribution in [3.63, 3.8) is 0 Å². The third-order valence-corrected chi connectivity index (χ3v) is 5.63. The molecule has 7 nitrogen and oxygen atoms in total. The van der Waals surface area contributed by atoms with Gasteiger partial charge in [0.2, 0.25) is 5.91 Å². The molecule has 0 atom stereocenters. The molecule has 2 amide bonds. The van der Waals surface area contributed by atoms with Gasteiger partial charge in [-0.05, 0) is 23.8 Å². The molecule has 0 spiro atoms. The van der Waals surface area contributed by atoms with E-state index in [1.807, 2.05) is 6.07 Å². The summed E-state index contributed by atoms with van der Waals surface area (Å²) in [5, 5.41) is 4.87. The van der Waals surface area contributed by atoms with Crippen molar-refractivity contribution in [2.45, 2.75) is 0 Å². The number of carbonyl (C=O) groups excluding carboxylic acids is 2. The van der Waals surface area contributed by atoms with Crippen LogP contribution in [0.25, 0.3) is 6.08 Å². The zero-order chi connectivity index (χ0) is 19.4. The Morgan fingerprint density at radius 3 is 2.78 bits per heavy atom. The van der Waals surface area contributed by atoms with E-state index >= 15 is 0 Å². The van der Waals surface area contributed by atoms with Crippen molar-refractivity contribution in [1.82, 2.24) is 9.88 Å². The van der Waals surface area contributed by atoms with Crippen LogP contribution < -0.4 is 14.8 Å². The third-order valence-electron chi connectivity index (χ3n) is 3.56. The molecule has 0 bridgehead atoms. The van der Waals surface area contributed by atoms with Gasteiger partial charge in [0.1, 0.15) is 10.9 Å². The summed E-state index contributed by atoms with van der Waals surface area (Å²) in [6.45, 7) is -0.159. The lowest BCUT2D eigenvalue weighted by Crippen LogP contribution is -2.36. The van der Waals surface area contributed by atoms with E-state index in [1.165, 1.54) is 16.2 Å². The normalized spacial score (nSPS) is 15.3. The number of nitrogens with one attached hydrogen (secondary N) is 1. The number of benzene rings is 1. The Balaban J connectivity index is 1.73. The quantitative estimate of drug-likeness (QED) is 0.567. The van der Waals surface area contributed by atoms with Crippen molar-refractivity contribution >= 4 is 62.7 Å². The molecule has 2 aromatic rings. The van der Waals surface area contributed by atoms with Crippen LogP contribution in [0.1, 0.15) is 5.56 Å². The molecule has 1 N–H and O–H groups in total. The van der Waals surface area contributed by atoms with Gasteiger partial charge in [0, 0.05) is 11.6 Å². The number of amides is 2. The average Bonchev–Trinajstić information content (AvgIpc) is 3.25. The topological polar surface area (TPSA) is 80.8 Å². The van der Waals surface area contributed by atoms with Crippen LogP contribution in [-0.2, 0) is 9.59 Å². The Labute approximate surface area is 169 Å². The molecule has 27 heavy (non-hydrogen) atoms. The average molecular weight is 422 g/mol. The number of ether oxygens (including phenoxy) is 2. The maximum absolute atomic E-state index is 12.6. The van der Waals surface area contributed by atoms with Gasteiger partial charge in [-0.2, -0.15) is 0 Å². The summed E-state index contributed by atoms with van der Waals surface area (Å²) < 4.78 is 10.8. The first-order chi connectivity index (χ1) is 13.0. The Hall–Kier alpha value is -2.43. The number of thiocarbonyl (C=S) groups is 1. The highest BCUT2D eigenvalue weighted by Gasteiger charge is 2.33. The van der Waals surface area contributed by atoms with Gasteiger partial charge in [-0.1, -0.05) is 30.0 Å². The molecule has 140 valence electrons. The number of thiazole rings is 1. The molecule has 1 aromatic heterocycles. The second-order valence-corrected chi connectivity index (χ2v) is 7.84. The molecule has 1 saturated heterocycles. The number of methoxy groups -OCH3 is 2. The summed E-state index contributed by atoms with van der Waals surface area (Å²) >= 11 is 7.71. The molecule has 0 aliphatic carbocycles. The number of anilines is 1. The SMILES string of the molecule is COc1ccc(C=C2SC(=S)N(CC(=O)Nc3nccs3)C2=O)cc1OC. The van der Waals surface area contributed by atoms with Crippen molar-refractivity contribution in [1.29, 1.82) is 0 Å². The van der Waals surface area contributed by atoms with E-state index in [4.69, 9.17) is 21.7 Å². The van der Waals surface area contributed by atoms with Gasteiger partial charge < -0.3 is 14.8 Å². The van der Waals surface area contributed by atoms with Crippen LogP contribution in [0.5, 0.6) is 11.5 Å². The van der Waals surface area contributed by atoms with E-state index in [1.54, 1.807) is 44.0 Å². The van der Waals surface area contributed by atoms with Crippen LogP contribution in [0.4, 0.5) is 5.13 Å². The molecule has 0 saturated carbocycles. The molecule has 1 aliphatic heterocycles. The number of hydrogen-bond acceptors (Lipinski definition) is 8. The Morgan fingerprint density at radius 2 is 2.11 bits per heavy atom. The maximum Gasteiger partial charge on any atom is 0.266 e. The molecule has 10 heteroatoms. The van der Waals surface area contributed by atoms with Crippen LogP contribution in [0.3, 0.4) is 0 Å². The predicted molar refractivity (Wildman–Crippen MR) is 110 cm³/mol. The molecule has 1 aliphatic rings. The van der Waals surface area contributed by atoms with Crippen molar-refractivity contribution < 1.29 is 19.1 Å². The van der Waals surface area contributed by atoms with Crippen molar-refractivity contribution in [3.8, 4) is 11.5 Å². The van der Waals surface area contributed by atoms with E-state index in [0.717, 1.165) is 17.3 Å². The van der Waals surface area contributed by atoms with E-state index in [0.29, 0.717) is 25.9 Å². The number of aromatic nitrogens is 1. The minimum absolute atomic E-state index is 0.159. The second-order valence-electron chi connectivity index (χ2n) is 5.27.